The normalized spacial score (nSPS) is 11.4. The molecule has 1 nitrogen and oxygen atoms in total. The molecule has 0 heterocycles. The molecule has 0 fully saturated rings. The standard InChI is InChI=1S/C15H11FO/c16-14-8-4-5-12(11-14)9-10-15(17)13-6-2-1-3-7-13/h1-8,11,15,17H. The Bertz CT molecular complexity index is 552. The summed E-state index contributed by atoms with van der Waals surface area (Å²) in [6.45, 7) is 0. The van der Waals surface area contributed by atoms with Crippen LogP contribution in [0.25, 0.3) is 0 Å². The molecule has 2 rings (SSSR count). The maximum Gasteiger partial charge on any atom is 0.140 e. The Morgan fingerprint density at radius 1 is 1.00 bits per heavy atom. The fourth-order valence-corrected chi connectivity index (χ4v) is 1.44. The number of hydrogen-bond donors (Lipinski definition) is 1. The van der Waals surface area contributed by atoms with Crippen molar-refractivity contribution in [1.82, 2.24) is 0 Å². The van der Waals surface area contributed by atoms with Gasteiger partial charge in [0.05, 0.1) is 0 Å². The zero-order valence-electron chi connectivity index (χ0n) is 9.10. The first-order valence-electron chi connectivity index (χ1n) is 5.26. The smallest absolute Gasteiger partial charge is 0.140 e. The van der Waals surface area contributed by atoms with E-state index in [1.165, 1.54) is 12.1 Å². The number of aliphatic hydroxyl groups is 1. The zero-order valence-corrected chi connectivity index (χ0v) is 9.10. The lowest BCUT2D eigenvalue weighted by Crippen LogP contribution is -1.92. The van der Waals surface area contributed by atoms with Crippen LogP contribution in [0.15, 0.2) is 54.6 Å². The van der Waals surface area contributed by atoms with Crippen LogP contribution in [0.5, 0.6) is 0 Å². The van der Waals surface area contributed by atoms with Crippen LogP contribution in [-0.4, -0.2) is 5.11 Å². The van der Waals surface area contributed by atoms with Crippen molar-refractivity contribution in [2.45, 2.75) is 6.10 Å². The third-order valence-electron chi connectivity index (χ3n) is 2.29. The van der Waals surface area contributed by atoms with Gasteiger partial charge in [-0.3, -0.25) is 0 Å². The molecule has 0 aliphatic rings. The fraction of sp³-hybridized carbons (Fsp3) is 0.0667. The largest absolute Gasteiger partial charge is 0.376 e. The van der Waals surface area contributed by atoms with Crippen molar-refractivity contribution in [1.29, 1.82) is 0 Å². The van der Waals surface area contributed by atoms with Gasteiger partial charge in [0.15, 0.2) is 0 Å². The third kappa shape index (κ3) is 3.17. The second-order valence-corrected chi connectivity index (χ2v) is 3.59. The minimum Gasteiger partial charge on any atom is -0.376 e. The molecule has 1 unspecified atom stereocenters. The van der Waals surface area contributed by atoms with E-state index in [4.69, 9.17) is 0 Å². The minimum absolute atomic E-state index is 0.328. The molecule has 0 saturated carbocycles. The molecule has 0 saturated heterocycles. The van der Waals surface area contributed by atoms with Crippen molar-refractivity contribution < 1.29 is 9.50 Å². The van der Waals surface area contributed by atoms with E-state index >= 15 is 0 Å². The topological polar surface area (TPSA) is 20.2 Å². The highest BCUT2D eigenvalue weighted by molar-refractivity contribution is 5.36. The Morgan fingerprint density at radius 3 is 2.47 bits per heavy atom. The second-order valence-electron chi connectivity index (χ2n) is 3.59. The van der Waals surface area contributed by atoms with E-state index in [2.05, 4.69) is 11.8 Å². The van der Waals surface area contributed by atoms with Crippen molar-refractivity contribution in [3.05, 3.63) is 71.5 Å². The Labute approximate surface area is 99.5 Å². The Hall–Kier alpha value is -2.11. The molecule has 0 aliphatic heterocycles. The Kier molecular flexibility index (Phi) is 3.54. The number of rotatable bonds is 1. The van der Waals surface area contributed by atoms with Crippen molar-refractivity contribution in [3.63, 3.8) is 0 Å². The molecule has 2 aromatic carbocycles. The summed E-state index contributed by atoms with van der Waals surface area (Å²) in [6.07, 6.45) is -0.848. The van der Waals surface area contributed by atoms with Gasteiger partial charge in [-0.2, -0.15) is 0 Å². The van der Waals surface area contributed by atoms with E-state index in [-0.39, 0.29) is 5.82 Å². The molecule has 2 heteroatoms. The summed E-state index contributed by atoms with van der Waals surface area (Å²) in [7, 11) is 0. The van der Waals surface area contributed by atoms with Gasteiger partial charge in [-0.15, -0.1) is 0 Å². The quantitative estimate of drug-likeness (QED) is 0.741. The van der Waals surface area contributed by atoms with E-state index in [1.54, 1.807) is 24.3 Å². The molecule has 0 bridgehead atoms. The summed E-state index contributed by atoms with van der Waals surface area (Å²) in [5, 5.41) is 9.78. The van der Waals surface area contributed by atoms with Gasteiger partial charge in [0.25, 0.3) is 0 Å². The van der Waals surface area contributed by atoms with Crippen molar-refractivity contribution in [2.24, 2.45) is 0 Å². The molecule has 17 heavy (non-hydrogen) atoms. The summed E-state index contributed by atoms with van der Waals surface area (Å²) >= 11 is 0. The summed E-state index contributed by atoms with van der Waals surface area (Å²) in [5.41, 5.74) is 1.29. The van der Waals surface area contributed by atoms with Gasteiger partial charge in [-0.05, 0) is 23.8 Å². The van der Waals surface area contributed by atoms with Gasteiger partial charge >= 0.3 is 0 Å². The maximum absolute atomic E-state index is 12.9. The van der Waals surface area contributed by atoms with Gasteiger partial charge in [-0.25, -0.2) is 4.39 Å². The van der Waals surface area contributed by atoms with E-state index in [9.17, 15) is 9.50 Å². The third-order valence-corrected chi connectivity index (χ3v) is 2.29. The number of benzene rings is 2. The molecular formula is C15H11FO. The predicted molar refractivity (Wildman–Crippen MR) is 64.7 cm³/mol. The van der Waals surface area contributed by atoms with E-state index in [0.717, 1.165) is 5.56 Å². The number of aliphatic hydroxyl groups excluding tert-OH is 1. The van der Waals surface area contributed by atoms with Crippen LogP contribution < -0.4 is 0 Å². The second kappa shape index (κ2) is 5.29. The molecule has 0 amide bonds. The van der Waals surface area contributed by atoms with Crippen LogP contribution in [0, 0.1) is 17.7 Å². The lowest BCUT2D eigenvalue weighted by Gasteiger charge is -2.01. The highest BCUT2D eigenvalue weighted by atomic mass is 19.1. The highest BCUT2D eigenvalue weighted by Crippen LogP contribution is 2.11. The van der Waals surface area contributed by atoms with Gasteiger partial charge in [0.1, 0.15) is 11.9 Å². The average Bonchev–Trinajstić information content (AvgIpc) is 2.37. The fourth-order valence-electron chi connectivity index (χ4n) is 1.44. The molecule has 0 radical (unpaired) electrons. The number of hydrogen-bond acceptors (Lipinski definition) is 1. The van der Waals surface area contributed by atoms with Crippen LogP contribution >= 0.6 is 0 Å². The van der Waals surface area contributed by atoms with Gasteiger partial charge < -0.3 is 5.11 Å². The van der Waals surface area contributed by atoms with E-state index in [0.29, 0.717) is 5.56 Å². The predicted octanol–water partition coefficient (Wildman–Crippen LogP) is 2.91. The van der Waals surface area contributed by atoms with Gasteiger partial charge in [-0.1, -0.05) is 48.2 Å². The van der Waals surface area contributed by atoms with Gasteiger partial charge in [0, 0.05) is 5.56 Å². The monoisotopic (exact) mass is 226 g/mol. The van der Waals surface area contributed by atoms with E-state index in [1.807, 2.05) is 18.2 Å². The zero-order chi connectivity index (χ0) is 12.1. The van der Waals surface area contributed by atoms with Crippen LogP contribution in [0.2, 0.25) is 0 Å². The lowest BCUT2D eigenvalue weighted by atomic mass is 10.1. The summed E-state index contributed by atoms with van der Waals surface area (Å²) in [5.74, 6) is 5.10. The summed E-state index contributed by atoms with van der Waals surface area (Å²) in [4.78, 5) is 0. The number of halogens is 1. The van der Waals surface area contributed by atoms with Crippen molar-refractivity contribution in [2.75, 3.05) is 0 Å². The maximum atomic E-state index is 12.9. The molecular weight excluding hydrogens is 215 g/mol. The first-order chi connectivity index (χ1) is 8.25. The average molecular weight is 226 g/mol. The van der Waals surface area contributed by atoms with Crippen LogP contribution in [0.3, 0.4) is 0 Å². The van der Waals surface area contributed by atoms with Crippen LogP contribution in [0.1, 0.15) is 17.2 Å². The molecule has 1 atom stereocenters. The van der Waals surface area contributed by atoms with Gasteiger partial charge in [0.2, 0.25) is 0 Å². The Balaban J connectivity index is 2.17. The summed E-state index contributed by atoms with van der Waals surface area (Å²) < 4.78 is 12.9. The molecule has 0 spiro atoms. The minimum atomic E-state index is -0.848. The van der Waals surface area contributed by atoms with Crippen molar-refractivity contribution in [3.8, 4) is 11.8 Å². The first-order valence-corrected chi connectivity index (χ1v) is 5.26. The summed E-state index contributed by atoms with van der Waals surface area (Å²) in [6, 6.07) is 15.1. The Morgan fingerprint density at radius 2 is 1.76 bits per heavy atom. The van der Waals surface area contributed by atoms with Crippen LogP contribution in [-0.2, 0) is 0 Å². The highest BCUT2D eigenvalue weighted by Gasteiger charge is 2.01. The SMILES string of the molecule is OC(C#Cc1cccc(F)c1)c1ccccc1. The molecule has 1 N–H and O–H groups in total. The molecule has 84 valence electrons. The molecule has 0 aromatic heterocycles. The first kappa shape index (κ1) is 11.4. The molecule has 2 aromatic rings. The van der Waals surface area contributed by atoms with Crippen molar-refractivity contribution >= 4 is 0 Å². The lowest BCUT2D eigenvalue weighted by molar-refractivity contribution is 0.238. The molecule has 0 aliphatic carbocycles. The van der Waals surface area contributed by atoms with E-state index < -0.39 is 6.10 Å². The van der Waals surface area contributed by atoms with Crippen LogP contribution in [0.4, 0.5) is 4.39 Å².